The number of thiocarbonyl (C=S) groups is 1. The SMILES string of the molecule is COc1cccc(NC(=S)N[C@@H](C)C(=O)NCC2CCN(Cc3ccc(Cl)c(Cl)c3)CC2)c1. The van der Waals surface area contributed by atoms with Crippen molar-refractivity contribution in [3.63, 3.8) is 0 Å². The van der Waals surface area contributed by atoms with Crippen LogP contribution in [0.1, 0.15) is 25.3 Å². The van der Waals surface area contributed by atoms with E-state index in [-0.39, 0.29) is 5.91 Å². The van der Waals surface area contributed by atoms with Crippen LogP contribution >= 0.6 is 35.4 Å². The fraction of sp³-hybridized carbons (Fsp3) is 0.417. The van der Waals surface area contributed by atoms with Crippen LogP contribution in [-0.2, 0) is 11.3 Å². The van der Waals surface area contributed by atoms with E-state index in [0.717, 1.165) is 49.5 Å². The maximum atomic E-state index is 12.5. The minimum atomic E-state index is -0.439. The summed E-state index contributed by atoms with van der Waals surface area (Å²) in [5.41, 5.74) is 1.96. The zero-order chi connectivity index (χ0) is 23.8. The lowest BCUT2D eigenvalue weighted by Gasteiger charge is -2.32. The maximum Gasteiger partial charge on any atom is 0.242 e. The molecule has 1 amide bonds. The van der Waals surface area contributed by atoms with Gasteiger partial charge in [0.1, 0.15) is 11.8 Å². The molecule has 0 aromatic heterocycles. The predicted octanol–water partition coefficient (Wildman–Crippen LogP) is 4.71. The molecule has 0 spiro atoms. The zero-order valence-corrected chi connectivity index (χ0v) is 21.2. The minimum absolute atomic E-state index is 0.0666. The van der Waals surface area contributed by atoms with Gasteiger partial charge in [0.25, 0.3) is 0 Å². The number of anilines is 1. The lowest BCUT2D eigenvalue weighted by atomic mass is 9.96. The molecule has 9 heteroatoms. The number of likely N-dealkylation sites (tertiary alicyclic amines) is 1. The molecule has 0 unspecified atom stereocenters. The number of rotatable bonds is 8. The van der Waals surface area contributed by atoms with Crippen LogP contribution in [0.2, 0.25) is 10.0 Å². The monoisotopic (exact) mass is 508 g/mol. The second kappa shape index (κ2) is 12.4. The first-order valence-corrected chi connectivity index (χ1v) is 12.2. The Bertz CT molecular complexity index is 967. The molecule has 0 radical (unpaired) electrons. The highest BCUT2D eigenvalue weighted by molar-refractivity contribution is 7.80. The number of methoxy groups -OCH3 is 1. The van der Waals surface area contributed by atoms with Crippen molar-refractivity contribution in [2.24, 2.45) is 5.92 Å². The van der Waals surface area contributed by atoms with Gasteiger partial charge in [0.15, 0.2) is 5.11 Å². The zero-order valence-electron chi connectivity index (χ0n) is 18.9. The van der Waals surface area contributed by atoms with Crippen LogP contribution in [0, 0.1) is 5.92 Å². The van der Waals surface area contributed by atoms with Gasteiger partial charge in [-0.15, -0.1) is 0 Å². The third-order valence-corrected chi connectivity index (χ3v) is 6.69. The second-order valence-electron chi connectivity index (χ2n) is 8.27. The summed E-state index contributed by atoms with van der Waals surface area (Å²) in [6, 6.07) is 12.8. The second-order valence-corrected chi connectivity index (χ2v) is 9.49. The molecule has 2 aromatic carbocycles. The minimum Gasteiger partial charge on any atom is -0.497 e. The smallest absolute Gasteiger partial charge is 0.242 e. The Morgan fingerprint density at radius 3 is 2.64 bits per heavy atom. The first-order chi connectivity index (χ1) is 15.8. The lowest BCUT2D eigenvalue weighted by molar-refractivity contribution is -0.122. The summed E-state index contributed by atoms with van der Waals surface area (Å²) >= 11 is 17.5. The summed E-state index contributed by atoms with van der Waals surface area (Å²) in [6.07, 6.45) is 2.08. The Hall–Kier alpha value is -2.06. The van der Waals surface area contributed by atoms with E-state index in [1.54, 1.807) is 14.0 Å². The Balaban J connectivity index is 1.36. The Morgan fingerprint density at radius 1 is 1.18 bits per heavy atom. The van der Waals surface area contributed by atoms with Gasteiger partial charge in [0, 0.05) is 24.8 Å². The molecule has 1 aliphatic rings. The Labute approximate surface area is 211 Å². The summed E-state index contributed by atoms with van der Waals surface area (Å²) < 4.78 is 5.21. The fourth-order valence-corrected chi connectivity index (χ4v) is 4.39. The molecule has 3 rings (SSSR count). The Morgan fingerprint density at radius 2 is 1.94 bits per heavy atom. The van der Waals surface area contributed by atoms with Gasteiger partial charge in [0.2, 0.25) is 5.91 Å². The molecule has 0 bridgehead atoms. The number of ether oxygens (including phenoxy) is 1. The van der Waals surface area contributed by atoms with E-state index in [1.807, 2.05) is 42.5 Å². The molecule has 6 nitrogen and oxygen atoms in total. The average Bonchev–Trinajstić information content (AvgIpc) is 2.80. The normalized spacial score (nSPS) is 15.5. The van der Waals surface area contributed by atoms with Crippen molar-refractivity contribution < 1.29 is 9.53 Å². The van der Waals surface area contributed by atoms with Crippen LogP contribution in [0.3, 0.4) is 0 Å². The van der Waals surface area contributed by atoms with Crippen molar-refractivity contribution in [2.45, 2.75) is 32.4 Å². The summed E-state index contributed by atoms with van der Waals surface area (Å²) in [6.45, 7) is 5.30. The number of piperidine rings is 1. The van der Waals surface area contributed by atoms with Gasteiger partial charge in [-0.25, -0.2) is 0 Å². The molecular weight excluding hydrogens is 479 g/mol. The van der Waals surface area contributed by atoms with E-state index >= 15 is 0 Å². The number of nitrogens with one attached hydrogen (secondary N) is 3. The number of carbonyl (C=O) groups is 1. The quantitative estimate of drug-likeness (QED) is 0.449. The highest BCUT2D eigenvalue weighted by Gasteiger charge is 2.21. The standard InChI is InChI=1S/C24H30Cl2N4O2S/c1-16(28-24(33)29-19-4-3-5-20(13-19)32-2)23(31)27-14-17-8-10-30(11-9-17)15-18-6-7-21(25)22(26)12-18/h3-7,12-13,16-17H,8-11,14-15H2,1-2H3,(H,27,31)(H2,28,29,33)/t16-/m0/s1. The molecule has 1 aliphatic heterocycles. The maximum absolute atomic E-state index is 12.5. The predicted molar refractivity (Wildman–Crippen MR) is 139 cm³/mol. The molecule has 3 N–H and O–H groups in total. The number of nitrogens with zero attached hydrogens (tertiary/aromatic N) is 1. The molecule has 1 atom stereocenters. The summed E-state index contributed by atoms with van der Waals surface area (Å²) in [4.78, 5) is 14.9. The third kappa shape index (κ3) is 8.03. The topological polar surface area (TPSA) is 65.6 Å². The van der Waals surface area contributed by atoms with Gasteiger partial charge in [-0.05, 0) is 80.8 Å². The molecule has 178 valence electrons. The number of hydrogen-bond acceptors (Lipinski definition) is 4. The molecule has 33 heavy (non-hydrogen) atoms. The fourth-order valence-electron chi connectivity index (χ4n) is 3.77. The third-order valence-electron chi connectivity index (χ3n) is 5.73. The number of amides is 1. The van der Waals surface area contributed by atoms with Crippen molar-refractivity contribution >= 4 is 52.1 Å². The van der Waals surface area contributed by atoms with Crippen molar-refractivity contribution in [1.82, 2.24) is 15.5 Å². The van der Waals surface area contributed by atoms with Crippen LogP contribution in [0.25, 0.3) is 0 Å². The van der Waals surface area contributed by atoms with Crippen molar-refractivity contribution in [2.75, 3.05) is 32.1 Å². The van der Waals surface area contributed by atoms with Crippen LogP contribution in [0.4, 0.5) is 5.69 Å². The number of benzene rings is 2. The first kappa shape index (κ1) is 25.6. The highest BCUT2D eigenvalue weighted by Crippen LogP contribution is 2.25. The van der Waals surface area contributed by atoms with Gasteiger partial charge in [-0.2, -0.15) is 0 Å². The average molecular weight is 510 g/mol. The number of carbonyl (C=O) groups excluding carboxylic acids is 1. The molecular formula is C24H30Cl2N4O2S. The van der Waals surface area contributed by atoms with Gasteiger partial charge >= 0.3 is 0 Å². The van der Waals surface area contributed by atoms with E-state index < -0.39 is 6.04 Å². The molecule has 0 aliphatic carbocycles. The van der Waals surface area contributed by atoms with Gasteiger partial charge in [-0.1, -0.05) is 35.3 Å². The van der Waals surface area contributed by atoms with E-state index in [2.05, 4.69) is 20.9 Å². The van der Waals surface area contributed by atoms with Crippen LogP contribution < -0.4 is 20.7 Å². The molecule has 1 saturated heterocycles. The summed E-state index contributed by atoms with van der Waals surface area (Å²) in [5.74, 6) is 1.13. The van der Waals surface area contributed by atoms with Crippen LogP contribution in [0.5, 0.6) is 5.75 Å². The summed E-state index contributed by atoms with van der Waals surface area (Å²) in [5, 5.41) is 10.7. The summed E-state index contributed by atoms with van der Waals surface area (Å²) in [7, 11) is 1.61. The van der Waals surface area contributed by atoms with E-state index in [0.29, 0.717) is 27.6 Å². The first-order valence-electron chi connectivity index (χ1n) is 11.0. The molecule has 1 heterocycles. The highest BCUT2D eigenvalue weighted by atomic mass is 35.5. The van der Waals surface area contributed by atoms with Gasteiger partial charge < -0.3 is 20.7 Å². The number of hydrogen-bond donors (Lipinski definition) is 3. The molecule has 0 saturated carbocycles. The van der Waals surface area contributed by atoms with Crippen molar-refractivity contribution in [1.29, 1.82) is 0 Å². The number of halogens is 2. The van der Waals surface area contributed by atoms with E-state index in [4.69, 9.17) is 40.2 Å². The van der Waals surface area contributed by atoms with Crippen LogP contribution in [-0.4, -0.2) is 48.7 Å². The van der Waals surface area contributed by atoms with Crippen molar-refractivity contribution in [3.05, 3.63) is 58.1 Å². The van der Waals surface area contributed by atoms with Crippen molar-refractivity contribution in [3.8, 4) is 5.75 Å². The lowest BCUT2D eigenvalue weighted by Crippen LogP contribution is -2.48. The van der Waals surface area contributed by atoms with E-state index in [9.17, 15) is 4.79 Å². The molecule has 2 aromatic rings. The van der Waals surface area contributed by atoms with Crippen LogP contribution in [0.15, 0.2) is 42.5 Å². The van der Waals surface area contributed by atoms with Gasteiger partial charge in [-0.3, -0.25) is 9.69 Å². The van der Waals surface area contributed by atoms with Gasteiger partial charge in [0.05, 0.1) is 17.2 Å². The van der Waals surface area contributed by atoms with E-state index in [1.165, 1.54) is 0 Å². The largest absolute Gasteiger partial charge is 0.497 e. The Kier molecular flexibility index (Phi) is 9.62. The molecule has 1 fully saturated rings.